The standard InChI is InChI=1S/C11H15B/c1-7-8(2)10(4)11(5-6-12)9(7)3/h10-11H,1-3,5-6H2,4H3. The highest BCUT2D eigenvalue weighted by atomic mass is 14.4. The monoisotopic (exact) mass is 158 g/mol. The van der Waals surface area contributed by atoms with Gasteiger partial charge >= 0.3 is 0 Å². The Balaban J connectivity index is 2.83. The van der Waals surface area contributed by atoms with Crippen molar-refractivity contribution in [3.05, 3.63) is 36.5 Å². The van der Waals surface area contributed by atoms with Crippen LogP contribution in [0.5, 0.6) is 0 Å². The van der Waals surface area contributed by atoms with Gasteiger partial charge in [-0.1, -0.05) is 39.4 Å². The van der Waals surface area contributed by atoms with Crippen LogP contribution in [0.3, 0.4) is 0 Å². The topological polar surface area (TPSA) is 0 Å². The van der Waals surface area contributed by atoms with Gasteiger partial charge in [0.05, 0.1) is 7.85 Å². The summed E-state index contributed by atoms with van der Waals surface area (Å²) in [6, 6.07) is 0. The second-order valence-electron chi connectivity index (χ2n) is 3.50. The number of allylic oxidation sites excluding steroid dienone is 3. The summed E-state index contributed by atoms with van der Waals surface area (Å²) < 4.78 is 0. The molecule has 2 unspecified atom stereocenters. The Hall–Kier alpha value is -0.715. The average Bonchev–Trinajstić information content (AvgIpc) is 2.23. The summed E-state index contributed by atoms with van der Waals surface area (Å²) in [7, 11) is 5.52. The Morgan fingerprint density at radius 3 is 2.17 bits per heavy atom. The number of hydrogen-bond donors (Lipinski definition) is 0. The van der Waals surface area contributed by atoms with E-state index >= 15 is 0 Å². The van der Waals surface area contributed by atoms with E-state index < -0.39 is 0 Å². The zero-order chi connectivity index (χ0) is 9.30. The van der Waals surface area contributed by atoms with Gasteiger partial charge in [0, 0.05) is 0 Å². The quantitative estimate of drug-likeness (QED) is 0.542. The molecule has 0 aliphatic heterocycles. The smallest absolute Gasteiger partial charge is 0.0653 e. The van der Waals surface area contributed by atoms with E-state index in [9.17, 15) is 0 Å². The maximum Gasteiger partial charge on any atom is 0.0653 e. The molecule has 0 amide bonds. The predicted octanol–water partition coefficient (Wildman–Crippen LogP) is 2.90. The van der Waals surface area contributed by atoms with E-state index in [1.165, 1.54) is 0 Å². The molecular weight excluding hydrogens is 143 g/mol. The largest absolute Gasteiger partial charge is 0.0950 e. The van der Waals surface area contributed by atoms with Gasteiger partial charge in [-0.2, -0.15) is 0 Å². The summed E-state index contributed by atoms with van der Waals surface area (Å²) >= 11 is 0. The van der Waals surface area contributed by atoms with Gasteiger partial charge in [-0.05, 0) is 28.6 Å². The lowest BCUT2D eigenvalue weighted by Crippen LogP contribution is -2.05. The van der Waals surface area contributed by atoms with Gasteiger partial charge in [-0.15, -0.1) is 0 Å². The molecule has 2 radical (unpaired) electrons. The molecular formula is C11H15B. The lowest BCUT2D eigenvalue weighted by molar-refractivity contribution is 0.498. The van der Waals surface area contributed by atoms with Crippen molar-refractivity contribution in [3.8, 4) is 0 Å². The second-order valence-corrected chi connectivity index (χ2v) is 3.50. The lowest BCUT2D eigenvalue weighted by atomic mass is 9.85. The number of hydrogen-bond acceptors (Lipinski definition) is 0. The van der Waals surface area contributed by atoms with Gasteiger partial charge < -0.3 is 0 Å². The van der Waals surface area contributed by atoms with Gasteiger partial charge in [0.25, 0.3) is 0 Å². The molecule has 1 aliphatic rings. The zero-order valence-electron chi connectivity index (χ0n) is 7.77. The minimum Gasteiger partial charge on any atom is -0.0950 e. The van der Waals surface area contributed by atoms with Crippen molar-refractivity contribution in [3.63, 3.8) is 0 Å². The van der Waals surface area contributed by atoms with E-state index in [-0.39, 0.29) is 0 Å². The Bertz CT molecular complexity index is 237. The zero-order valence-corrected chi connectivity index (χ0v) is 7.77. The summed E-state index contributed by atoms with van der Waals surface area (Å²) in [4.78, 5) is 0. The Morgan fingerprint density at radius 1 is 1.25 bits per heavy atom. The minimum atomic E-state index is 0.480. The fourth-order valence-electron chi connectivity index (χ4n) is 1.85. The maximum absolute atomic E-state index is 5.52. The third kappa shape index (κ3) is 1.28. The first kappa shape index (κ1) is 9.37. The van der Waals surface area contributed by atoms with Crippen molar-refractivity contribution < 1.29 is 0 Å². The van der Waals surface area contributed by atoms with Crippen molar-refractivity contribution in [1.29, 1.82) is 0 Å². The van der Waals surface area contributed by atoms with E-state index in [2.05, 4.69) is 26.7 Å². The normalized spacial score (nSPS) is 29.9. The molecule has 0 N–H and O–H groups in total. The van der Waals surface area contributed by atoms with Crippen molar-refractivity contribution in [2.45, 2.75) is 19.7 Å². The molecule has 0 aromatic rings. The molecule has 0 nitrogen and oxygen atoms in total. The van der Waals surface area contributed by atoms with E-state index in [4.69, 9.17) is 7.85 Å². The molecule has 2 atom stereocenters. The molecule has 0 saturated heterocycles. The molecule has 1 heteroatoms. The van der Waals surface area contributed by atoms with Crippen LogP contribution in [0.2, 0.25) is 6.32 Å². The molecule has 0 spiro atoms. The number of rotatable bonds is 2. The third-order valence-corrected chi connectivity index (χ3v) is 2.85. The van der Waals surface area contributed by atoms with E-state index in [0.717, 1.165) is 23.1 Å². The van der Waals surface area contributed by atoms with Crippen LogP contribution in [0, 0.1) is 11.8 Å². The van der Waals surface area contributed by atoms with E-state index in [0.29, 0.717) is 18.2 Å². The Morgan fingerprint density at radius 2 is 1.83 bits per heavy atom. The molecule has 1 saturated carbocycles. The Labute approximate surface area is 76.5 Å². The maximum atomic E-state index is 5.52. The fraction of sp³-hybridized carbons (Fsp3) is 0.455. The predicted molar refractivity (Wildman–Crippen MR) is 55.3 cm³/mol. The van der Waals surface area contributed by atoms with Crippen molar-refractivity contribution in [2.24, 2.45) is 11.8 Å². The van der Waals surface area contributed by atoms with Crippen molar-refractivity contribution in [2.75, 3.05) is 0 Å². The molecule has 0 heterocycles. The summed E-state index contributed by atoms with van der Waals surface area (Å²) in [6.07, 6.45) is 1.71. The van der Waals surface area contributed by atoms with Gasteiger partial charge in [-0.25, -0.2) is 0 Å². The lowest BCUT2D eigenvalue weighted by Gasteiger charge is -2.14. The second kappa shape index (κ2) is 3.34. The van der Waals surface area contributed by atoms with Crippen LogP contribution in [0.15, 0.2) is 36.5 Å². The molecule has 0 aromatic heterocycles. The van der Waals surface area contributed by atoms with Gasteiger partial charge in [0.15, 0.2) is 0 Å². The molecule has 1 fully saturated rings. The first-order chi connectivity index (χ1) is 5.59. The molecule has 12 heavy (non-hydrogen) atoms. The van der Waals surface area contributed by atoms with Crippen molar-refractivity contribution in [1.82, 2.24) is 0 Å². The summed E-state index contributed by atoms with van der Waals surface area (Å²) in [6.45, 7) is 14.1. The Kier molecular flexibility index (Phi) is 2.61. The fourth-order valence-corrected chi connectivity index (χ4v) is 1.85. The van der Waals surface area contributed by atoms with Crippen LogP contribution in [0.25, 0.3) is 0 Å². The van der Waals surface area contributed by atoms with Gasteiger partial charge in [-0.3, -0.25) is 0 Å². The SMILES string of the molecule is [B]CCC1C(=C)C(=C)C(=C)C1C. The minimum absolute atomic E-state index is 0.480. The van der Waals surface area contributed by atoms with Crippen LogP contribution in [-0.4, -0.2) is 7.85 Å². The highest BCUT2D eigenvalue weighted by molar-refractivity contribution is 6.08. The van der Waals surface area contributed by atoms with E-state index in [1.807, 2.05) is 0 Å². The van der Waals surface area contributed by atoms with E-state index in [1.54, 1.807) is 0 Å². The van der Waals surface area contributed by atoms with Crippen molar-refractivity contribution >= 4 is 7.85 Å². The first-order valence-electron chi connectivity index (χ1n) is 4.37. The van der Waals surface area contributed by atoms with Crippen LogP contribution in [0.1, 0.15) is 13.3 Å². The van der Waals surface area contributed by atoms with Crippen LogP contribution < -0.4 is 0 Å². The third-order valence-electron chi connectivity index (χ3n) is 2.85. The molecule has 1 aliphatic carbocycles. The molecule has 0 aromatic carbocycles. The van der Waals surface area contributed by atoms with Gasteiger partial charge in [0.2, 0.25) is 0 Å². The van der Waals surface area contributed by atoms with Crippen LogP contribution in [-0.2, 0) is 0 Å². The first-order valence-corrected chi connectivity index (χ1v) is 4.37. The van der Waals surface area contributed by atoms with Crippen LogP contribution in [0.4, 0.5) is 0 Å². The van der Waals surface area contributed by atoms with Gasteiger partial charge in [0.1, 0.15) is 0 Å². The molecule has 1 rings (SSSR count). The van der Waals surface area contributed by atoms with Crippen LogP contribution >= 0.6 is 0 Å². The summed E-state index contributed by atoms with van der Waals surface area (Å²) in [5, 5.41) is 0. The highest BCUT2D eigenvalue weighted by Crippen LogP contribution is 2.44. The highest BCUT2D eigenvalue weighted by Gasteiger charge is 2.31. The molecule has 0 bridgehead atoms. The average molecular weight is 158 g/mol. The summed E-state index contributed by atoms with van der Waals surface area (Å²) in [5.41, 5.74) is 3.32. The molecule has 62 valence electrons. The summed E-state index contributed by atoms with van der Waals surface area (Å²) in [5.74, 6) is 0.962.